The van der Waals surface area contributed by atoms with Crippen molar-refractivity contribution in [2.75, 3.05) is 19.0 Å². The standard InChI is InChI=1S/C13H18ClNO2/c1-3-8-15(9-7-14)13(17)11-6-4-5-10(2)12(11)16/h4-6,16H,3,7-9H2,1-2H3. The van der Waals surface area contributed by atoms with Crippen molar-refractivity contribution in [3.05, 3.63) is 29.3 Å². The first-order valence-corrected chi connectivity index (χ1v) is 6.29. The number of carbonyl (C=O) groups is 1. The molecule has 0 aliphatic carbocycles. The van der Waals surface area contributed by atoms with Crippen LogP contribution in [-0.2, 0) is 0 Å². The van der Waals surface area contributed by atoms with Gasteiger partial charge in [0, 0.05) is 19.0 Å². The van der Waals surface area contributed by atoms with E-state index in [1.54, 1.807) is 30.0 Å². The van der Waals surface area contributed by atoms with E-state index in [4.69, 9.17) is 11.6 Å². The van der Waals surface area contributed by atoms with Gasteiger partial charge in [0.25, 0.3) is 5.91 Å². The number of rotatable bonds is 5. The summed E-state index contributed by atoms with van der Waals surface area (Å²) < 4.78 is 0. The van der Waals surface area contributed by atoms with E-state index >= 15 is 0 Å². The van der Waals surface area contributed by atoms with Gasteiger partial charge >= 0.3 is 0 Å². The Labute approximate surface area is 107 Å². The highest BCUT2D eigenvalue weighted by molar-refractivity contribution is 6.18. The number of hydrogen-bond donors (Lipinski definition) is 1. The Morgan fingerprint density at radius 3 is 2.71 bits per heavy atom. The van der Waals surface area contributed by atoms with Gasteiger partial charge in [0.2, 0.25) is 0 Å². The van der Waals surface area contributed by atoms with Crippen LogP contribution in [0.5, 0.6) is 5.75 Å². The average Bonchev–Trinajstić information content (AvgIpc) is 2.31. The van der Waals surface area contributed by atoms with Gasteiger partial charge < -0.3 is 10.0 Å². The van der Waals surface area contributed by atoms with Crippen molar-refractivity contribution in [1.82, 2.24) is 4.90 Å². The minimum absolute atomic E-state index is 0.0631. The normalized spacial score (nSPS) is 10.3. The molecule has 0 unspecified atom stereocenters. The van der Waals surface area contributed by atoms with Crippen molar-refractivity contribution >= 4 is 17.5 Å². The number of aryl methyl sites for hydroxylation is 1. The summed E-state index contributed by atoms with van der Waals surface area (Å²) >= 11 is 5.68. The van der Waals surface area contributed by atoms with Crippen LogP contribution in [0.25, 0.3) is 0 Å². The van der Waals surface area contributed by atoms with Gasteiger partial charge in [-0.3, -0.25) is 4.79 Å². The van der Waals surface area contributed by atoms with Crippen molar-refractivity contribution < 1.29 is 9.90 Å². The Morgan fingerprint density at radius 1 is 1.41 bits per heavy atom. The van der Waals surface area contributed by atoms with Gasteiger partial charge in [-0.25, -0.2) is 0 Å². The molecule has 17 heavy (non-hydrogen) atoms. The number of benzene rings is 1. The van der Waals surface area contributed by atoms with Crippen LogP contribution in [0.15, 0.2) is 18.2 Å². The molecule has 1 aromatic rings. The summed E-state index contributed by atoms with van der Waals surface area (Å²) in [6, 6.07) is 5.19. The summed E-state index contributed by atoms with van der Waals surface area (Å²) in [6.45, 7) is 4.93. The van der Waals surface area contributed by atoms with Gasteiger partial charge in [-0.15, -0.1) is 11.6 Å². The molecule has 0 saturated heterocycles. The minimum atomic E-state index is -0.159. The topological polar surface area (TPSA) is 40.5 Å². The number of carbonyl (C=O) groups excluding carboxylic acids is 1. The maximum atomic E-state index is 12.2. The van der Waals surface area contributed by atoms with Crippen LogP contribution in [0.2, 0.25) is 0 Å². The highest BCUT2D eigenvalue weighted by atomic mass is 35.5. The quantitative estimate of drug-likeness (QED) is 0.822. The highest BCUT2D eigenvalue weighted by Gasteiger charge is 2.18. The summed E-state index contributed by atoms with van der Waals surface area (Å²) in [6.07, 6.45) is 0.870. The zero-order chi connectivity index (χ0) is 12.8. The number of nitrogens with zero attached hydrogens (tertiary/aromatic N) is 1. The molecule has 0 radical (unpaired) electrons. The minimum Gasteiger partial charge on any atom is -0.507 e. The molecular weight excluding hydrogens is 238 g/mol. The summed E-state index contributed by atoms with van der Waals surface area (Å²) in [5.41, 5.74) is 1.06. The van der Waals surface area contributed by atoms with Gasteiger partial charge in [-0.1, -0.05) is 19.1 Å². The Kier molecular flexibility index (Phi) is 5.29. The predicted octanol–water partition coefficient (Wildman–Crippen LogP) is 2.79. The van der Waals surface area contributed by atoms with Gasteiger partial charge in [-0.05, 0) is 25.0 Å². The smallest absolute Gasteiger partial charge is 0.257 e. The zero-order valence-corrected chi connectivity index (χ0v) is 11.0. The molecule has 0 atom stereocenters. The van der Waals surface area contributed by atoms with Crippen LogP contribution < -0.4 is 0 Å². The van der Waals surface area contributed by atoms with Crippen molar-refractivity contribution in [3.8, 4) is 5.75 Å². The van der Waals surface area contributed by atoms with Crippen LogP contribution in [0.3, 0.4) is 0 Å². The lowest BCUT2D eigenvalue weighted by atomic mass is 10.1. The van der Waals surface area contributed by atoms with E-state index in [0.29, 0.717) is 30.1 Å². The fraction of sp³-hybridized carbons (Fsp3) is 0.462. The van der Waals surface area contributed by atoms with Gasteiger partial charge in [0.15, 0.2) is 0 Å². The number of aromatic hydroxyl groups is 1. The van der Waals surface area contributed by atoms with Crippen molar-refractivity contribution in [2.24, 2.45) is 0 Å². The van der Waals surface area contributed by atoms with E-state index < -0.39 is 0 Å². The van der Waals surface area contributed by atoms with E-state index in [9.17, 15) is 9.90 Å². The number of alkyl halides is 1. The molecule has 94 valence electrons. The summed E-state index contributed by atoms with van der Waals surface area (Å²) in [5, 5.41) is 9.87. The van der Waals surface area contributed by atoms with Crippen molar-refractivity contribution in [3.63, 3.8) is 0 Å². The third-order valence-corrected chi connectivity index (χ3v) is 2.77. The van der Waals surface area contributed by atoms with Crippen molar-refractivity contribution in [2.45, 2.75) is 20.3 Å². The molecule has 1 aromatic carbocycles. The SMILES string of the molecule is CCCN(CCCl)C(=O)c1cccc(C)c1O. The third-order valence-electron chi connectivity index (χ3n) is 2.60. The van der Waals surface area contributed by atoms with E-state index in [2.05, 4.69) is 0 Å². The van der Waals surface area contributed by atoms with Gasteiger partial charge in [0.1, 0.15) is 5.75 Å². The molecule has 0 saturated carbocycles. The lowest BCUT2D eigenvalue weighted by Gasteiger charge is -2.21. The fourth-order valence-electron chi connectivity index (χ4n) is 1.69. The molecule has 0 bridgehead atoms. The Morgan fingerprint density at radius 2 is 2.12 bits per heavy atom. The third kappa shape index (κ3) is 3.37. The van der Waals surface area contributed by atoms with Crippen LogP contribution in [0.1, 0.15) is 29.3 Å². The summed E-state index contributed by atoms with van der Waals surface area (Å²) in [5.74, 6) is 0.306. The van der Waals surface area contributed by atoms with Crippen molar-refractivity contribution in [1.29, 1.82) is 0 Å². The summed E-state index contributed by atoms with van der Waals surface area (Å²) in [7, 11) is 0. The second-order valence-corrected chi connectivity index (χ2v) is 4.33. The second kappa shape index (κ2) is 6.50. The molecule has 1 rings (SSSR count). The molecule has 0 spiro atoms. The molecule has 1 amide bonds. The van der Waals surface area contributed by atoms with Crippen LogP contribution in [-0.4, -0.2) is 34.9 Å². The molecule has 1 N–H and O–H groups in total. The first-order valence-electron chi connectivity index (χ1n) is 5.75. The second-order valence-electron chi connectivity index (χ2n) is 3.95. The van der Waals surface area contributed by atoms with Crippen LogP contribution in [0, 0.1) is 6.92 Å². The van der Waals surface area contributed by atoms with Gasteiger partial charge in [-0.2, -0.15) is 0 Å². The number of hydrogen-bond acceptors (Lipinski definition) is 2. The Bertz CT molecular complexity index is 387. The number of phenolic OH excluding ortho intramolecular Hbond substituents is 1. The van der Waals surface area contributed by atoms with E-state index in [1.165, 1.54) is 0 Å². The lowest BCUT2D eigenvalue weighted by molar-refractivity contribution is 0.0762. The molecule has 0 aliphatic heterocycles. The summed E-state index contributed by atoms with van der Waals surface area (Å²) in [4.78, 5) is 13.9. The number of para-hydroxylation sites is 1. The maximum absolute atomic E-state index is 12.2. The average molecular weight is 256 g/mol. The maximum Gasteiger partial charge on any atom is 0.257 e. The first kappa shape index (κ1) is 13.8. The molecule has 0 fully saturated rings. The molecule has 4 heteroatoms. The van der Waals surface area contributed by atoms with E-state index in [0.717, 1.165) is 6.42 Å². The molecule has 3 nitrogen and oxygen atoms in total. The fourth-order valence-corrected chi connectivity index (χ4v) is 1.89. The Balaban J connectivity index is 2.96. The molecule has 0 aliphatic rings. The largest absolute Gasteiger partial charge is 0.507 e. The van der Waals surface area contributed by atoms with Crippen LogP contribution in [0.4, 0.5) is 0 Å². The molecule has 0 heterocycles. The first-order chi connectivity index (χ1) is 8.11. The lowest BCUT2D eigenvalue weighted by Crippen LogP contribution is -2.33. The monoisotopic (exact) mass is 255 g/mol. The molecular formula is C13H18ClNO2. The molecule has 0 aromatic heterocycles. The Hall–Kier alpha value is -1.22. The number of amides is 1. The highest BCUT2D eigenvalue weighted by Crippen LogP contribution is 2.22. The van der Waals surface area contributed by atoms with E-state index in [-0.39, 0.29) is 11.7 Å². The predicted molar refractivity (Wildman–Crippen MR) is 69.8 cm³/mol. The zero-order valence-electron chi connectivity index (χ0n) is 10.2. The number of halogens is 1. The van der Waals surface area contributed by atoms with E-state index in [1.807, 2.05) is 6.92 Å². The van der Waals surface area contributed by atoms with Crippen LogP contribution >= 0.6 is 11.6 Å². The van der Waals surface area contributed by atoms with Gasteiger partial charge in [0.05, 0.1) is 5.56 Å². The number of phenols is 1.